The topological polar surface area (TPSA) is 60.2 Å². The standard InChI is InChI=1S/C18H18N2O3/c1-13-8-10-17(22-2)16(12-13)20-19-15-7-5-4-6-14(15)9-11-18(21)23-3/h4-12H,1-3H3. The molecule has 0 spiro atoms. The minimum atomic E-state index is -0.419. The zero-order valence-corrected chi connectivity index (χ0v) is 13.3. The molecule has 118 valence electrons. The summed E-state index contributed by atoms with van der Waals surface area (Å²) in [5.41, 5.74) is 3.14. The Bertz CT molecular complexity index is 752. The molecule has 2 aromatic rings. The maximum absolute atomic E-state index is 11.2. The van der Waals surface area contributed by atoms with Crippen LogP contribution in [0.15, 0.2) is 58.8 Å². The fraction of sp³-hybridized carbons (Fsp3) is 0.167. The van der Waals surface area contributed by atoms with Crippen molar-refractivity contribution in [2.75, 3.05) is 14.2 Å². The first-order valence-corrected chi connectivity index (χ1v) is 7.05. The maximum atomic E-state index is 11.2. The molecule has 0 heterocycles. The van der Waals surface area contributed by atoms with Gasteiger partial charge in [0.05, 0.1) is 19.9 Å². The first kappa shape index (κ1) is 16.4. The summed E-state index contributed by atoms with van der Waals surface area (Å²) in [4.78, 5) is 11.2. The number of nitrogens with zero attached hydrogens (tertiary/aromatic N) is 2. The molecule has 0 aromatic heterocycles. The van der Waals surface area contributed by atoms with Crippen LogP contribution in [-0.2, 0) is 9.53 Å². The number of methoxy groups -OCH3 is 2. The molecule has 0 saturated carbocycles. The Hall–Kier alpha value is -2.95. The third-order valence-electron chi connectivity index (χ3n) is 3.14. The lowest BCUT2D eigenvalue weighted by Crippen LogP contribution is -1.93. The predicted octanol–water partition coefficient (Wildman–Crippen LogP) is 4.61. The molecule has 0 aliphatic carbocycles. The first-order valence-electron chi connectivity index (χ1n) is 7.05. The van der Waals surface area contributed by atoms with Crippen LogP contribution in [0.4, 0.5) is 11.4 Å². The molecule has 0 atom stereocenters. The van der Waals surface area contributed by atoms with Crippen molar-refractivity contribution in [2.45, 2.75) is 6.92 Å². The number of rotatable bonds is 5. The van der Waals surface area contributed by atoms with E-state index in [2.05, 4.69) is 15.0 Å². The number of benzene rings is 2. The van der Waals surface area contributed by atoms with E-state index >= 15 is 0 Å². The number of aryl methyl sites for hydroxylation is 1. The van der Waals surface area contributed by atoms with Gasteiger partial charge in [0.15, 0.2) is 0 Å². The van der Waals surface area contributed by atoms with E-state index < -0.39 is 5.97 Å². The van der Waals surface area contributed by atoms with Gasteiger partial charge in [-0.15, -0.1) is 10.2 Å². The summed E-state index contributed by atoms with van der Waals surface area (Å²) in [5, 5.41) is 8.54. The first-order chi connectivity index (χ1) is 11.1. The van der Waals surface area contributed by atoms with Crippen molar-refractivity contribution in [3.05, 3.63) is 59.7 Å². The largest absolute Gasteiger partial charge is 0.494 e. The van der Waals surface area contributed by atoms with Crippen molar-refractivity contribution in [3.8, 4) is 5.75 Å². The van der Waals surface area contributed by atoms with E-state index in [-0.39, 0.29) is 0 Å². The summed E-state index contributed by atoms with van der Waals surface area (Å²) in [6, 6.07) is 13.1. The number of azo groups is 1. The fourth-order valence-electron chi connectivity index (χ4n) is 1.93. The van der Waals surface area contributed by atoms with Gasteiger partial charge in [-0.3, -0.25) is 0 Å². The SMILES string of the molecule is COC(=O)C=Cc1ccccc1N=Nc1cc(C)ccc1OC. The molecule has 0 amide bonds. The van der Waals surface area contributed by atoms with Gasteiger partial charge in [0.1, 0.15) is 11.4 Å². The molecule has 0 bridgehead atoms. The highest BCUT2D eigenvalue weighted by molar-refractivity contribution is 5.88. The van der Waals surface area contributed by atoms with E-state index in [1.165, 1.54) is 13.2 Å². The van der Waals surface area contributed by atoms with Crippen LogP contribution in [0.25, 0.3) is 6.08 Å². The number of hydrogen-bond donors (Lipinski definition) is 0. The van der Waals surface area contributed by atoms with Crippen LogP contribution in [-0.4, -0.2) is 20.2 Å². The lowest BCUT2D eigenvalue weighted by Gasteiger charge is -2.04. The average Bonchev–Trinajstić information content (AvgIpc) is 2.58. The van der Waals surface area contributed by atoms with Crippen LogP contribution in [0, 0.1) is 6.92 Å². The number of carbonyl (C=O) groups is 1. The second kappa shape index (κ2) is 7.89. The summed E-state index contributed by atoms with van der Waals surface area (Å²) in [6.45, 7) is 1.98. The fourth-order valence-corrected chi connectivity index (χ4v) is 1.93. The van der Waals surface area contributed by atoms with E-state index in [4.69, 9.17) is 4.74 Å². The molecule has 0 aliphatic rings. The second-order valence-electron chi connectivity index (χ2n) is 4.79. The van der Waals surface area contributed by atoms with Gasteiger partial charge in [-0.05, 0) is 36.8 Å². The van der Waals surface area contributed by atoms with Crippen LogP contribution in [0.3, 0.4) is 0 Å². The Morgan fingerprint density at radius 1 is 1.04 bits per heavy atom. The summed E-state index contributed by atoms with van der Waals surface area (Å²) in [7, 11) is 2.93. The quantitative estimate of drug-likeness (QED) is 0.460. The minimum Gasteiger partial charge on any atom is -0.494 e. The Kier molecular flexibility index (Phi) is 5.63. The lowest BCUT2D eigenvalue weighted by molar-refractivity contribution is -0.134. The van der Waals surface area contributed by atoms with Gasteiger partial charge in [0.2, 0.25) is 0 Å². The van der Waals surface area contributed by atoms with Crippen LogP contribution >= 0.6 is 0 Å². The normalized spacial score (nSPS) is 11.1. The second-order valence-corrected chi connectivity index (χ2v) is 4.79. The van der Waals surface area contributed by atoms with E-state index in [0.29, 0.717) is 17.1 Å². The number of ether oxygens (including phenoxy) is 2. The molecule has 2 rings (SSSR count). The molecule has 0 aliphatic heterocycles. The predicted molar refractivity (Wildman–Crippen MR) is 89.4 cm³/mol. The van der Waals surface area contributed by atoms with Crippen molar-refractivity contribution in [1.82, 2.24) is 0 Å². The summed E-state index contributed by atoms with van der Waals surface area (Å²) in [6.07, 6.45) is 3.00. The maximum Gasteiger partial charge on any atom is 0.330 e. The van der Waals surface area contributed by atoms with E-state index in [1.54, 1.807) is 13.2 Å². The molecule has 5 heteroatoms. The van der Waals surface area contributed by atoms with E-state index in [9.17, 15) is 4.79 Å². The molecule has 0 unspecified atom stereocenters. The molecular formula is C18H18N2O3. The van der Waals surface area contributed by atoms with E-state index in [1.807, 2.05) is 49.4 Å². The third-order valence-corrected chi connectivity index (χ3v) is 3.14. The molecule has 0 saturated heterocycles. The highest BCUT2D eigenvalue weighted by Gasteiger charge is 2.03. The van der Waals surface area contributed by atoms with Gasteiger partial charge in [-0.1, -0.05) is 24.3 Å². The number of esters is 1. The minimum absolute atomic E-state index is 0.419. The molecule has 5 nitrogen and oxygen atoms in total. The number of carbonyl (C=O) groups excluding carboxylic acids is 1. The third kappa shape index (κ3) is 4.51. The van der Waals surface area contributed by atoms with Crippen LogP contribution in [0.5, 0.6) is 5.75 Å². The van der Waals surface area contributed by atoms with Gasteiger partial charge in [-0.2, -0.15) is 0 Å². The zero-order valence-electron chi connectivity index (χ0n) is 13.3. The van der Waals surface area contributed by atoms with Crippen molar-refractivity contribution in [1.29, 1.82) is 0 Å². The Labute approximate surface area is 135 Å². The summed E-state index contributed by atoms with van der Waals surface area (Å²) in [5.74, 6) is 0.235. The molecule has 0 radical (unpaired) electrons. The summed E-state index contributed by atoms with van der Waals surface area (Å²) < 4.78 is 9.87. The molecule has 0 N–H and O–H groups in total. The van der Waals surface area contributed by atoms with Crippen LogP contribution in [0.1, 0.15) is 11.1 Å². The molecule has 23 heavy (non-hydrogen) atoms. The lowest BCUT2D eigenvalue weighted by atomic mass is 10.1. The highest BCUT2D eigenvalue weighted by Crippen LogP contribution is 2.30. The van der Waals surface area contributed by atoms with Crippen molar-refractivity contribution in [2.24, 2.45) is 10.2 Å². The Morgan fingerprint density at radius 3 is 2.52 bits per heavy atom. The van der Waals surface area contributed by atoms with Gasteiger partial charge in [0.25, 0.3) is 0 Å². The summed E-state index contributed by atoms with van der Waals surface area (Å²) >= 11 is 0. The zero-order chi connectivity index (χ0) is 16.7. The van der Waals surface area contributed by atoms with Crippen molar-refractivity contribution < 1.29 is 14.3 Å². The van der Waals surface area contributed by atoms with Crippen molar-refractivity contribution >= 4 is 23.4 Å². The number of hydrogen-bond acceptors (Lipinski definition) is 5. The van der Waals surface area contributed by atoms with Gasteiger partial charge < -0.3 is 9.47 Å². The monoisotopic (exact) mass is 310 g/mol. The van der Waals surface area contributed by atoms with Crippen LogP contribution in [0.2, 0.25) is 0 Å². The molecule has 2 aromatic carbocycles. The van der Waals surface area contributed by atoms with Crippen LogP contribution < -0.4 is 4.74 Å². The van der Waals surface area contributed by atoms with E-state index in [0.717, 1.165) is 11.1 Å². The highest BCUT2D eigenvalue weighted by atomic mass is 16.5. The Morgan fingerprint density at radius 2 is 1.78 bits per heavy atom. The average molecular weight is 310 g/mol. The van der Waals surface area contributed by atoms with Crippen molar-refractivity contribution in [3.63, 3.8) is 0 Å². The van der Waals surface area contributed by atoms with Gasteiger partial charge in [-0.25, -0.2) is 4.79 Å². The van der Waals surface area contributed by atoms with Gasteiger partial charge in [0, 0.05) is 11.6 Å². The molecular weight excluding hydrogens is 292 g/mol. The Balaban J connectivity index is 2.32. The molecule has 0 fully saturated rings. The smallest absolute Gasteiger partial charge is 0.330 e. The van der Waals surface area contributed by atoms with Gasteiger partial charge >= 0.3 is 5.97 Å².